The molecule has 1 unspecified atom stereocenters. The molecule has 3 aromatic heterocycles. The van der Waals surface area contributed by atoms with Crippen LogP contribution in [0.15, 0.2) is 34.9 Å². The Balaban J connectivity index is 2.08. The van der Waals surface area contributed by atoms with Crippen molar-refractivity contribution in [1.82, 2.24) is 24.8 Å². The molecular weight excluding hydrogens is 330 g/mol. The summed E-state index contributed by atoms with van der Waals surface area (Å²) < 4.78 is 2.90. The van der Waals surface area contributed by atoms with Gasteiger partial charge in [-0.3, -0.25) is 4.40 Å². The fourth-order valence-corrected chi connectivity index (χ4v) is 2.31. The van der Waals surface area contributed by atoms with E-state index < -0.39 is 0 Å². The fraction of sp³-hybridized carbons (Fsp3) is 0.167. The molecule has 3 rings (SSSR count). The molecule has 7 heteroatoms. The van der Waals surface area contributed by atoms with Crippen molar-refractivity contribution in [3.05, 3.63) is 51.6 Å². The lowest BCUT2D eigenvalue weighted by atomic mass is 10.1. The molecule has 0 aliphatic rings. The zero-order chi connectivity index (χ0) is 13.4. The van der Waals surface area contributed by atoms with Crippen LogP contribution in [0, 0.1) is 0 Å². The molecule has 0 aliphatic carbocycles. The molecule has 0 spiro atoms. The van der Waals surface area contributed by atoms with Crippen LogP contribution in [0.2, 0.25) is 5.15 Å². The highest BCUT2D eigenvalue weighted by Crippen LogP contribution is 2.22. The molecule has 0 saturated heterocycles. The van der Waals surface area contributed by atoms with E-state index in [-0.39, 0.29) is 5.92 Å². The number of rotatable bonds is 2. The van der Waals surface area contributed by atoms with Crippen LogP contribution in [0.1, 0.15) is 24.4 Å². The van der Waals surface area contributed by atoms with E-state index in [1.807, 2.05) is 35.7 Å². The Kier molecular flexibility index (Phi) is 3.20. The predicted molar refractivity (Wildman–Crippen MR) is 75.2 cm³/mol. The van der Waals surface area contributed by atoms with Crippen LogP contribution in [0.5, 0.6) is 0 Å². The molecular formula is C12H9BrClN5. The van der Waals surface area contributed by atoms with Crippen molar-refractivity contribution >= 4 is 33.2 Å². The zero-order valence-electron chi connectivity index (χ0n) is 9.96. The lowest BCUT2D eigenvalue weighted by Crippen LogP contribution is -2.05. The van der Waals surface area contributed by atoms with E-state index in [2.05, 4.69) is 36.3 Å². The van der Waals surface area contributed by atoms with Gasteiger partial charge in [-0.2, -0.15) is 5.10 Å². The van der Waals surface area contributed by atoms with E-state index in [9.17, 15) is 0 Å². The smallest absolute Gasteiger partial charge is 0.160 e. The Morgan fingerprint density at radius 1 is 1.11 bits per heavy atom. The summed E-state index contributed by atoms with van der Waals surface area (Å²) >= 11 is 9.19. The lowest BCUT2D eigenvalue weighted by molar-refractivity contribution is 0.749. The van der Waals surface area contributed by atoms with Gasteiger partial charge in [-0.05, 0) is 47.1 Å². The zero-order valence-corrected chi connectivity index (χ0v) is 12.3. The second-order valence-electron chi connectivity index (χ2n) is 4.14. The van der Waals surface area contributed by atoms with Gasteiger partial charge in [-0.15, -0.1) is 15.3 Å². The molecule has 1 atom stereocenters. The number of hydrogen-bond acceptors (Lipinski definition) is 4. The molecule has 3 aromatic rings. The molecule has 96 valence electrons. The second kappa shape index (κ2) is 4.86. The Morgan fingerprint density at radius 3 is 2.68 bits per heavy atom. The van der Waals surface area contributed by atoms with Crippen molar-refractivity contribution < 1.29 is 0 Å². The molecule has 0 fully saturated rings. The third kappa shape index (κ3) is 2.33. The average Bonchev–Trinajstić information content (AvgIpc) is 2.81. The Hall–Kier alpha value is -1.53. The van der Waals surface area contributed by atoms with Crippen LogP contribution in [0.3, 0.4) is 0 Å². The van der Waals surface area contributed by atoms with Crippen LogP contribution in [-0.4, -0.2) is 24.8 Å². The molecule has 0 bridgehead atoms. The minimum atomic E-state index is -0.0194. The van der Waals surface area contributed by atoms with Gasteiger partial charge in [0.1, 0.15) is 5.82 Å². The van der Waals surface area contributed by atoms with Crippen molar-refractivity contribution in [3.63, 3.8) is 0 Å². The largest absolute Gasteiger partial charge is 0.285 e. The molecule has 3 heterocycles. The van der Waals surface area contributed by atoms with Gasteiger partial charge in [0, 0.05) is 10.7 Å². The number of pyridine rings is 1. The van der Waals surface area contributed by atoms with Crippen LogP contribution in [-0.2, 0) is 0 Å². The van der Waals surface area contributed by atoms with Gasteiger partial charge in [-0.25, -0.2) is 0 Å². The summed E-state index contributed by atoms with van der Waals surface area (Å²) in [5, 5.41) is 16.7. The summed E-state index contributed by atoms with van der Waals surface area (Å²) in [5.41, 5.74) is 1.60. The van der Waals surface area contributed by atoms with Crippen molar-refractivity contribution in [1.29, 1.82) is 0 Å². The number of aromatic nitrogens is 5. The van der Waals surface area contributed by atoms with E-state index in [0.29, 0.717) is 5.15 Å². The third-order valence-electron chi connectivity index (χ3n) is 2.88. The predicted octanol–water partition coefficient (Wildman–Crippen LogP) is 3.09. The molecule has 0 aromatic carbocycles. The summed E-state index contributed by atoms with van der Waals surface area (Å²) in [6.45, 7) is 2.01. The number of halogens is 2. The van der Waals surface area contributed by atoms with Gasteiger partial charge in [0.25, 0.3) is 0 Å². The first-order chi connectivity index (χ1) is 9.15. The van der Waals surface area contributed by atoms with Crippen molar-refractivity contribution in [2.45, 2.75) is 12.8 Å². The maximum atomic E-state index is 5.74. The van der Waals surface area contributed by atoms with E-state index in [4.69, 9.17) is 11.6 Å². The van der Waals surface area contributed by atoms with Gasteiger partial charge in [0.05, 0.1) is 11.6 Å². The van der Waals surface area contributed by atoms with Crippen LogP contribution >= 0.6 is 27.5 Å². The van der Waals surface area contributed by atoms with Gasteiger partial charge in [0.15, 0.2) is 10.8 Å². The first-order valence-corrected chi connectivity index (χ1v) is 6.81. The number of hydrogen-bond donors (Lipinski definition) is 0. The molecule has 0 saturated carbocycles. The van der Waals surface area contributed by atoms with Gasteiger partial charge in [0.2, 0.25) is 0 Å². The standard InChI is InChI=1S/C12H9BrClN5/c1-7(9-3-4-10(14)16-15-9)12-18-17-11-5-2-8(13)6-19(11)12/h2-7H,1H3. The molecule has 0 amide bonds. The van der Waals surface area contributed by atoms with Crippen molar-refractivity contribution in [2.75, 3.05) is 0 Å². The Morgan fingerprint density at radius 2 is 1.95 bits per heavy atom. The summed E-state index contributed by atoms with van der Waals surface area (Å²) in [7, 11) is 0. The molecule has 0 radical (unpaired) electrons. The van der Waals surface area contributed by atoms with Gasteiger partial charge >= 0.3 is 0 Å². The third-order valence-corrected chi connectivity index (χ3v) is 3.55. The van der Waals surface area contributed by atoms with E-state index in [1.165, 1.54) is 0 Å². The van der Waals surface area contributed by atoms with Gasteiger partial charge in [-0.1, -0.05) is 11.6 Å². The molecule has 19 heavy (non-hydrogen) atoms. The highest BCUT2D eigenvalue weighted by atomic mass is 79.9. The van der Waals surface area contributed by atoms with Crippen molar-refractivity contribution in [2.24, 2.45) is 0 Å². The highest BCUT2D eigenvalue weighted by Gasteiger charge is 2.17. The first kappa shape index (κ1) is 12.5. The molecule has 0 aliphatic heterocycles. The first-order valence-electron chi connectivity index (χ1n) is 5.64. The fourth-order valence-electron chi connectivity index (χ4n) is 1.87. The number of nitrogens with zero attached hydrogens (tertiary/aromatic N) is 5. The Labute approximate surface area is 122 Å². The summed E-state index contributed by atoms with van der Waals surface area (Å²) in [6.07, 6.45) is 1.94. The van der Waals surface area contributed by atoms with Crippen LogP contribution < -0.4 is 0 Å². The van der Waals surface area contributed by atoms with E-state index in [0.717, 1.165) is 21.6 Å². The SMILES string of the molecule is CC(c1ccc(Cl)nn1)c1nnc2ccc(Br)cn12. The minimum absolute atomic E-state index is 0.0194. The van der Waals surface area contributed by atoms with Gasteiger partial charge < -0.3 is 0 Å². The minimum Gasteiger partial charge on any atom is -0.285 e. The number of fused-ring (bicyclic) bond motifs is 1. The maximum Gasteiger partial charge on any atom is 0.160 e. The quantitative estimate of drug-likeness (QED) is 0.720. The Bertz CT molecular complexity index is 725. The molecule has 5 nitrogen and oxygen atoms in total. The summed E-state index contributed by atoms with van der Waals surface area (Å²) in [5.74, 6) is 0.794. The second-order valence-corrected chi connectivity index (χ2v) is 5.44. The van der Waals surface area contributed by atoms with E-state index in [1.54, 1.807) is 6.07 Å². The van der Waals surface area contributed by atoms with Crippen LogP contribution in [0.4, 0.5) is 0 Å². The van der Waals surface area contributed by atoms with E-state index >= 15 is 0 Å². The topological polar surface area (TPSA) is 56.0 Å². The normalized spacial score (nSPS) is 12.8. The maximum absolute atomic E-state index is 5.74. The summed E-state index contributed by atoms with van der Waals surface area (Å²) in [6, 6.07) is 7.40. The average molecular weight is 339 g/mol. The lowest BCUT2D eigenvalue weighted by Gasteiger charge is -2.08. The summed E-state index contributed by atoms with van der Waals surface area (Å²) in [4.78, 5) is 0. The highest BCUT2D eigenvalue weighted by molar-refractivity contribution is 9.10. The molecule has 0 N–H and O–H groups in total. The monoisotopic (exact) mass is 337 g/mol. The van der Waals surface area contributed by atoms with Crippen LogP contribution in [0.25, 0.3) is 5.65 Å². The van der Waals surface area contributed by atoms with Crippen molar-refractivity contribution in [3.8, 4) is 0 Å².